The number of benzene rings is 4. The quantitative estimate of drug-likeness (QED) is 0.316. The Bertz CT molecular complexity index is 1460. The van der Waals surface area contributed by atoms with E-state index >= 15 is 0 Å². The lowest BCUT2D eigenvalue weighted by molar-refractivity contribution is 0.102. The normalized spacial score (nSPS) is 11.2. The number of rotatable bonds is 5. The van der Waals surface area contributed by atoms with Crippen molar-refractivity contribution in [3.05, 3.63) is 96.6 Å². The Labute approximate surface area is 188 Å². The minimum absolute atomic E-state index is 0.0725. The number of hydrogen-bond acceptors (Lipinski definition) is 7. The van der Waals surface area contributed by atoms with Gasteiger partial charge in [0.15, 0.2) is 5.75 Å². The van der Waals surface area contributed by atoms with E-state index in [4.69, 9.17) is 4.42 Å². The highest BCUT2D eigenvalue weighted by molar-refractivity contribution is 6.16. The molecule has 0 bridgehead atoms. The summed E-state index contributed by atoms with van der Waals surface area (Å²) in [6, 6.07) is 27.1. The predicted molar refractivity (Wildman–Crippen MR) is 124 cm³/mol. The van der Waals surface area contributed by atoms with E-state index in [1.165, 1.54) is 0 Å². The van der Waals surface area contributed by atoms with Gasteiger partial charge in [0.05, 0.1) is 5.56 Å². The summed E-state index contributed by atoms with van der Waals surface area (Å²) in [6.45, 7) is 0. The number of aromatic nitrogens is 2. The average molecular weight is 435 g/mol. The summed E-state index contributed by atoms with van der Waals surface area (Å²) >= 11 is 0. The molecule has 0 atom stereocenters. The summed E-state index contributed by atoms with van der Waals surface area (Å²) in [5.41, 5.74) is 1.56. The van der Waals surface area contributed by atoms with Gasteiger partial charge in [-0.1, -0.05) is 70.9 Å². The second kappa shape index (κ2) is 8.72. The first-order valence-electron chi connectivity index (χ1n) is 10.1. The van der Waals surface area contributed by atoms with Gasteiger partial charge in [-0.05, 0) is 41.1 Å². The number of carbonyl (C=O) groups excluding carboxylic acids is 1. The fourth-order valence-electron chi connectivity index (χ4n) is 3.39. The molecule has 2 N–H and O–H groups in total. The third-order valence-electron chi connectivity index (χ3n) is 4.94. The zero-order valence-electron chi connectivity index (χ0n) is 17.2. The van der Waals surface area contributed by atoms with E-state index in [1.807, 2.05) is 60.7 Å². The topological polar surface area (TPSA) is 113 Å². The molecule has 0 aliphatic rings. The average Bonchev–Trinajstić information content (AvgIpc) is 3.33. The zero-order valence-corrected chi connectivity index (χ0v) is 17.2. The molecule has 0 aliphatic heterocycles. The Morgan fingerprint density at radius 2 is 1.55 bits per heavy atom. The van der Waals surface area contributed by atoms with Gasteiger partial charge >= 0.3 is 6.01 Å². The number of amides is 1. The lowest BCUT2D eigenvalue weighted by Crippen LogP contribution is -2.12. The van der Waals surface area contributed by atoms with Crippen LogP contribution in [0.4, 0.5) is 17.4 Å². The first kappa shape index (κ1) is 20.1. The first-order chi connectivity index (χ1) is 16.2. The summed E-state index contributed by atoms with van der Waals surface area (Å²) in [5.74, 6) is -0.458. The van der Waals surface area contributed by atoms with Crippen LogP contribution in [0.2, 0.25) is 0 Å². The summed E-state index contributed by atoms with van der Waals surface area (Å²) in [4.78, 5) is 13.1. The first-order valence-corrected chi connectivity index (χ1v) is 10.1. The van der Waals surface area contributed by atoms with Crippen LogP contribution in [0, 0.1) is 0 Å². The van der Waals surface area contributed by atoms with E-state index in [1.54, 1.807) is 30.3 Å². The molecule has 5 aromatic rings. The van der Waals surface area contributed by atoms with Crippen molar-refractivity contribution in [3.63, 3.8) is 0 Å². The van der Waals surface area contributed by atoms with E-state index < -0.39 is 5.91 Å². The van der Waals surface area contributed by atoms with Crippen LogP contribution in [-0.2, 0) is 0 Å². The van der Waals surface area contributed by atoms with Crippen LogP contribution in [0.1, 0.15) is 10.4 Å². The number of phenols is 1. The van der Waals surface area contributed by atoms with Gasteiger partial charge in [0.1, 0.15) is 5.69 Å². The Kier molecular flexibility index (Phi) is 5.30. The third-order valence-corrected chi connectivity index (χ3v) is 4.94. The number of azo groups is 1. The number of para-hydroxylation sites is 1. The summed E-state index contributed by atoms with van der Waals surface area (Å²) in [6.07, 6.45) is 0. The molecule has 33 heavy (non-hydrogen) atoms. The van der Waals surface area contributed by atoms with Crippen LogP contribution in [0.15, 0.2) is 106 Å². The second-order valence-electron chi connectivity index (χ2n) is 7.12. The van der Waals surface area contributed by atoms with Crippen LogP contribution >= 0.6 is 0 Å². The van der Waals surface area contributed by atoms with Crippen molar-refractivity contribution in [1.29, 1.82) is 0 Å². The van der Waals surface area contributed by atoms with Crippen LogP contribution in [-0.4, -0.2) is 21.2 Å². The number of nitrogens with one attached hydrogen (secondary N) is 1. The summed E-state index contributed by atoms with van der Waals surface area (Å²) in [5, 5.41) is 30.9. The van der Waals surface area contributed by atoms with Crippen molar-refractivity contribution in [3.8, 4) is 17.2 Å². The van der Waals surface area contributed by atoms with Crippen LogP contribution < -0.4 is 5.32 Å². The van der Waals surface area contributed by atoms with Gasteiger partial charge in [-0.2, -0.15) is 0 Å². The van der Waals surface area contributed by atoms with Crippen molar-refractivity contribution in [2.45, 2.75) is 0 Å². The molecule has 0 unspecified atom stereocenters. The van der Waals surface area contributed by atoms with E-state index in [0.717, 1.165) is 10.9 Å². The molecule has 0 saturated heterocycles. The van der Waals surface area contributed by atoms with E-state index in [0.29, 0.717) is 17.0 Å². The van der Waals surface area contributed by atoms with Crippen LogP contribution in [0.5, 0.6) is 5.75 Å². The number of anilines is 1. The molecule has 8 nitrogen and oxygen atoms in total. The number of phenolic OH excluding ortho intramolecular Hbond substituents is 1. The van der Waals surface area contributed by atoms with Gasteiger partial charge in [-0.25, -0.2) is 0 Å². The molecule has 0 aliphatic carbocycles. The van der Waals surface area contributed by atoms with Crippen molar-refractivity contribution in [1.82, 2.24) is 10.2 Å². The van der Waals surface area contributed by atoms with Gasteiger partial charge in [-0.15, -0.1) is 10.2 Å². The molecule has 5 rings (SSSR count). The Hall–Kier alpha value is -4.85. The van der Waals surface area contributed by atoms with Gasteiger partial charge in [0.2, 0.25) is 5.89 Å². The number of nitrogens with zero attached hydrogens (tertiary/aromatic N) is 4. The van der Waals surface area contributed by atoms with Crippen LogP contribution in [0.25, 0.3) is 22.2 Å². The van der Waals surface area contributed by atoms with Crippen molar-refractivity contribution < 1.29 is 14.3 Å². The molecule has 0 radical (unpaired) electrons. The largest absolute Gasteiger partial charge is 0.505 e. The fraction of sp³-hybridized carbons (Fsp3) is 0. The van der Waals surface area contributed by atoms with Crippen molar-refractivity contribution >= 4 is 34.1 Å². The summed E-state index contributed by atoms with van der Waals surface area (Å²) < 4.78 is 5.53. The lowest BCUT2D eigenvalue weighted by atomic mass is 10.0. The van der Waals surface area contributed by atoms with Gasteiger partial charge in [0, 0.05) is 11.3 Å². The molecule has 0 fully saturated rings. The van der Waals surface area contributed by atoms with Crippen LogP contribution in [0.3, 0.4) is 0 Å². The number of carbonyl (C=O) groups is 1. The fourth-order valence-corrected chi connectivity index (χ4v) is 3.39. The SMILES string of the molecule is O=C(Nc1ccccc1)c1c(O)c(/N=N/c2nnc(-c3ccccc3)o2)cc2ccccc12. The number of hydrogen-bond donors (Lipinski definition) is 2. The van der Waals surface area contributed by atoms with E-state index in [9.17, 15) is 9.90 Å². The van der Waals surface area contributed by atoms with E-state index in [-0.39, 0.29) is 23.0 Å². The molecule has 0 spiro atoms. The van der Waals surface area contributed by atoms with Gasteiger partial charge in [0.25, 0.3) is 5.91 Å². The van der Waals surface area contributed by atoms with E-state index in [2.05, 4.69) is 25.7 Å². The lowest BCUT2D eigenvalue weighted by Gasteiger charge is -2.11. The maximum Gasteiger partial charge on any atom is 0.361 e. The minimum Gasteiger partial charge on any atom is -0.505 e. The molecule has 0 saturated carbocycles. The minimum atomic E-state index is -0.462. The standard InChI is InChI=1S/C25H17N5O3/c31-22-20(27-29-25-30-28-24(33-25)16-9-3-1-4-10-16)15-17-11-7-8-14-19(17)21(22)23(32)26-18-12-5-2-6-13-18/h1-15,31H,(H,26,32)/b29-27+. The zero-order chi connectivity index (χ0) is 22.6. The molecular weight excluding hydrogens is 418 g/mol. The molecule has 1 amide bonds. The summed E-state index contributed by atoms with van der Waals surface area (Å²) in [7, 11) is 0. The van der Waals surface area contributed by atoms with Gasteiger partial charge in [-0.3, -0.25) is 4.79 Å². The Morgan fingerprint density at radius 1 is 0.848 bits per heavy atom. The highest BCUT2D eigenvalue weighted by Gasteiger charge is 2.20. The molecule has 1 aromatic heterocycles. The highest BCUT2D eigenvalue weighted by atomic mass is 16.4. The Morgan fingerprint density at radius 3 is 2.33 bits per heavy atom. The maximum absolute atomic E-state index is 13.1. The monoisotopic (exact) mass is 435 g/mol. The van der Waals surface area contributed by atoms with Gasteiger partial charge < -0.3 is 14.8 Å². The number of fused-ring (bicyclic) bond motifs is 1. The molecule has 160 valence electrons. The second-order valence-corrected chi connectivity index (χ2v) is 7.12. The maximum atomic E-state index is 13.1. The smallest absolute Gasteiger partial charge is 0.361 e. The molecular formula is C25H17N5O3. The number of aromatic hydroxyl groups is 1. The molecule has 1 heterocycles. The van der Waals surface area contributed by atoms with Crippen molar-refractivity contribution in [2.75, 3.05) is 5.32 Å². The highest BCUT2D eigenvalue weighted by Crippen LogP contribution is 2.38. The molecule has 8 heteroatoms. The third kappa shape index (κ3) is 4.17. The molecule has 4 aromatic carbocycles. The van der Waals surface area contributed by atoms with Crippen molar-refractivity contribution in [2.24, 2.45) is 10.2 Å². The predicted octanol–water partition coefficient (Wildman–Crippen LogP) is 6.26. The Balaban J connectivity index is 1.51.